The highest BCUT2D eigenvalue weighted by atomic mass is 35.5. The Bertz CT molecular complexity index is 920. The summed E-state index contributed by atoms with van der Waals surface area (Å²) in [6.07, 6.45) is -0.216. The minimum atomic E-state index is -4.50. The Balaban J connectivity index is 1.63. The van der Waals surface area contributed by atoms with Gasteiger partial charge >= 0.3 is 6.18 Å². The highest BCUT2D eigenvalue weighted by Crippen LogP contribution is 2.32. The molecule has 1 fully saturated rings. The number of carbonyl (C=O) groups excluding carboxylic acids is 2. The van der Waals surface area contributed by atoms with Crippen LogP contribution in [0.3, 0.4) is 0 Å². The third kappa shape index (κ3) is 5.36. The Labute approximate surface area is 164 Å². The molecule has 28 heavy (non-hydrogen) atoms. The van der Waals surface area contributed by atoms with Gasteiger partial charge in [-0.1, -0.05) is 11.6 Å². The summed E-state index contributed by atoms with van der Waals surface area (Å²) < 4.78 is 38.3. The number of nitrogens with one attached hydrogen (secondary N) is 2. The van der Waals surface area contributed by atoms with Crippen molar-refractivity contribution >= 4 is 35.2 Å². The lowest BCUT2D eigenvalue weighted by Crippen LogP contribution is -2.25. The average Bonchev–Trinajstić information content (AvgIpc) is 3.44. The predicted molar refractivity (Wildman–Crippen MR) is 101 cm³/mol. The van der Waals surface area contributed by atoms with Gasteiger partial charge in [-0.05, 0) is 66.9 Å². The van der Waals surface area contributed by atoms with Crippen LogP contribution >= 0.6 is 11.6 Å². The molecule has 2 N–H and O–H groups in total. The fourth-order valence-corrected chi connectivity index (χ4v) is 2.58. The predicted octanol–water partition coefficient (Wildman–Crippen LogP) is 4.90. The first-order valence-corrected chi connectivity index (χ1v) is 8.87. The van der Waals surface area contributed by atoms with Crippen molar-refractivity contribution in [2.45, 2.75) is 25.1 Å². The van der Waals surface area contributed by atoms with Crippen LogP contribution < -0.4 is 10.6 Å². The van der Waals surface area contributed by atoms with Crippen molar-refractivity contribution in [1.82, 2.24) is 5.32 Å². The van der Waals surface area contributed by atoms with E-state index in [1.54, 1.807) is 24.3 Å². The van der Waals surface area contributed by atoms with E-state index in [2.05, 4.69) is 10.6 Å². The van der Waals surface area contributed by atoms with E-state index in [9.17, 15) is 22.8 Å². The molecule has 3 rings (SSSR count). The molecule has 0 aliphatic heterocycles. The van der Waals surface area contributed by atoms with Gasteiger partial charge in [-0.3, -0.25) is 9.59 Å². The number of carbonyl (C=O) groups is 2. The van der Waals surface area contributed by atoms with E-state index >= 15 is 0 Å². The molecule has 0 bridgehead atoms. The lowest BCUT2D eigenvalue weighted by Gasteiger charge is -2.08. The molecule has 0 radical (unpaired) electrons. The van der Waals surface area contributed by atoms with Crippen LogP contribution in [-0.2, 0) is 11.0 Å². The van der Waals surface area contributed by atoms with Crippen molar-refractivity contribution in [1.29, 1.82) is 0 Å². The molecule has 2 aromatic carbocycles. The largest absolute Gasteiger partial charge is 0.416 e. The Morgan fingerprint density at radius 1 is 1.07 bits per heavy atom. The summed E-state index contributed by atoms with van der Waals surface area (Å²) in [5.41, 5.74) is 0.166. The topological polar surface area (TPSA) is 58.2 Å². The van der Waals surface area contributed by atoms with Crippen molar-refractivity contribution in [3.63, 3.8) is 0 Å². The maximum Gasteiger partial charge on any atom is 0.416 e. The second-order valence-electron chi connectivity index (χ2n) is 6.38. The second kappa shape index (κ2) is 8.06. The highest BCUT2D eigenvalue weighted by molar-refractivity contribution is 6.32. The van der Waals surface area contributed by atoms with Gasteiger partial charge in [0, 0.05) is 28.4 Å². The number of amides is 2. The fourth-order valence-electron chi connectivity index (χ4n) is 2.40. The number of halogens is 4. The maximum atomic E-state index is 12.8. The first-order valence-electron chi connectivity index (χ1n) is 8.49. The number of anilines is 1. The maximum absolute atomic E-state index is 12.8. The zero-order valence-corrected chi connectivity index (χ0v) is 15.3. The molecule has 0 heterocycles. The number of hydrogen-bond acceptors (Lipinski definition) is 2. The number of alkyl halides is 3. The molecule has 1 aliphatic rings. The van der Waals surface area contributed by atoms with Gasteiger partial charge in [0.15, 0.2) is 0 Å². The Hall–Kier alpha value is -2.80. The van der Waals surface area contributed by atoms with Gasteiger partial charge in [-0.25, -0.2) is 0 Å². The lowest BCUT2D eigenvalue weighted by molar-refractivity contribution is -0.137. The smallest absolute Gasteiger partial charge is 0.349 e. The minimum Gasteiger partial charge on any atom is -0.349 e. The van der Waals surface area contributed by atoms with Crippen molar-refractivity contribution in [2.75, 3.05) is 5.32 Å². The van der Waals surface area contributed by atoms with Gasteiger partial charge < -0.3 is 10.6 Å². The summed E-state index contributed by atoms with van der Waals surface area (Å²) in [4.78, 5) is 23.9. The summed E-state index contributed by atoms with van der Waals surface area (Å²) in [5, 5.41) is 5.53. The van der Waals surface area contributed by atoms with Crippen LogP contribution in [0.5, 0.6) is 0 Å². The first-order chi connectivity index (χ1) is 13.2. The number of benzene rings is 2. The normalized spacial score (nSPS) is 14.1. The van der Waals surface area contributed by atoms with Crippen molar-refractivity contribution in [3.05, 3.63) is 70.3 Å². The molecule has 1 aliphatic carbocycles. The molecule has 0 aromatic heterocycles. The van der Waals surface area contributed by atoms with E-state index < -0.39 is 17.6 Å². The van der Waals surface area contributed by atoms with E-state index in [0.717, 1.165) is 37.1 Å². The minimum absolute atomic E-state index is 0.0822. The number of rotatable bonds is 5. The van der Waals surface area contributed by atoms with Crippen LogP contribution in [0.4, 0.5) is 18.9 Å². The third-order valence-electron chi connectivity index (χ3n) is 4.06. The van der Waals surface area contributed by atoms with Crippen LogP contribution in [0.25, 0.3) is 6.08 Å². The monoisotopic (exact) mass is 408 g/mol. The average molecular weight is 409 g/mol. The van der Waals surface area contributed by atoms with Gasteiger partial charge in [-0.2, -0.15) is 13.2 Å². The molecule has 4 nitrogen and oxygen atoms in total. The third-order valence-corrected chi connectivity index (χ3v) is 4.41. The molecule has 0 saturated heterocycles. The van der Waals surface area contributed by atoms with E-state index in [1.807, 2.05) is 0 Å². The van der Waals surface area contributed by atoms with Crippen molar-refractivity contribution in [2.24, 2.45) is 0 Å². The zero-order chi connectivity index (χ0) is 20.3. The van der Waals surface area contributed by atoms with Gasteiger partial charge in [0.25, 0.3) is 5.91 Å². The summed E-state index contributed by atoms with van der Waals surface area (Å²) >= 11 is 5.89. The molecule has 2 amide bonds. The molecule has 0 unspecified atom stereocenters. The lowest BCUT2D eigenvalue weighted by atomic mass is 10.1. The quantitative estimate of drug-likeness (QED) is 0.691. The van der Waals surface area contributed by atoms with Crippen LogP contribution in [0.15, 0.2) is 48.5 Å². The fraction of sp³-hybridized carbons (Fsp3) is 0.200. The standard InChI is InChI=1S/C20H16ClF3N2O2/c21-17-9-4-14(20(22,23)24)11-13(17)3-10-18(27)25-15-5-1-12(2-6-15)19(28)26-16-7-8-16/h1-6,9-11,16H,7-8H2,(H,25,27)(H,26,28)/b10-3+. The summed E-state index contributed by atoms with van der Waals surface area (Å²) in [7, 11) is 0. The molecule has 146 valence electrons. The first kappa shape index (κ1) is 19.9. The van der Waals surface area contributed by atoms with Gasteiger partial charge in [0.1, 0.15) is 0 Å². The summed E-state index contributed by atoms with van der Waals surface area (Å²) in [5.74, 6) is -0.705. The Kier molecular flexibility index (Phi) is 5.74. The van der Waals surface area contributed by atoms with Crippen LogP contribution in [-0.4, -0.2) is 17.9 Å². The van der Waals surface area contributed by atoms with E-state index in [4.69, 9.17) is 11.6 Å². The number of hydrogen-bond donors (Lipinski definition) is 2. The molecule has 0 spiro atoms. The SMILES string of the molecule is O=C(/C=C/c1cc(C(F)(F)F)ccc1Cl)Nc1ccc(C(=O)NC2CC2)cc1. The van der Waals surface area contributed by atoms with Gasteiger partial charge in [0.2, 0.25) is 5.91 Å². The highest BCUT2D eigenvalue weighted by Gasteiger charge is 2.30. The molecular weight excluding hydrogens is 393 g/mol. The zero-order valence-electron chi connectivity index (χ0n) is 14.5. The molecular formula is C20H16ClF3N2O2. The van der Waals surface area contributed by atoms with Gasteiger partial charge in [0.05, 0.1) is 5.56 Å². The Morgan fingerprint density at radius 3 is 2.36 bits per heavy atom. The molecule has 8 heteroatoms. The van der Waals surface area contributed by atoms with Crippen LogP contribution in [0.2, 0.25) is 5.02 Å². The van der Waals surface area contributed by atoms with Crippen LogP contribution in [0.1, 0.15) is 34.3 Å². The van der Waals surface area contributed by atoms with Crippen molar-refractivity contribution < 1.29 is 22.8 Å². The summed E-state index contributed by atoms with van der Waals surface area (Å²) in [6.45, 7) is 0. The molecule has 1 saturated carbocycles. The van der Waals surface area contributed by atoms with E-state index in [0.29, 0.717) is 11.3 Å². The van der Waals surface area contributed by atoms with E-state index in [-0.39, 0.29) is 22.5 Å². The Morgan fingerprint density at radius 2 is 1.75 bits per heavy atom. The molecule has 0 atom stereocenters. The van der Waals surface area contributed by atoms with E-state index in [1.165, 1.54) is 6.08 Å². The molecule has 2 aromatic rings. The van der Waals surface area contributed by atoms with Crippen LogP contribution in [0, 0.1) is 0 Å². The van der Waals surface area contributed by atoms with Gasteiger partial charge in [-0.15, -0.1) is 0 Å². The summed E-state index contributed by atoms with van der Waals surface area (Å²) in [6, 6.07) is 9.45. The second-order valence-corrected chi connectivity index (χ2v) is 6.79. The van der Waals surface area contributed by atoms with Crippen molar-refractivity contribution in [3.8, 4) is 0 Å².